The maximum Gasteiger partial charge on any atom is 0.271 e. The molecule has 0 bridgehead atoms. The fraction of sp³-hybridized carbons (Fsp3) is 0. The predicted octanol–water partition coefficient (Wildman–Crippen LogP) is 4.13. The van der Waals surface area contributed by atoms with E-state index in [2.05, 4.69) is 26.5 Å². The molecule has 0 unspecified atom stereocenters. The van der Waals surface area contributed by atoms with Crippen LogP contribution in [0.5, 0.6) is 5.75 Å². The van der Waals surface area contributed by atoms with Gasteiger partial charge in [0.25, 0.3) is 5.91 Å². The number of benzene rings is 2. The van der Waals surface area contributed by atoms with E-state index in [0.717, 1.165) is 14.6 Å². The van der Waals surface area contributed by atoms with Crippen LogP contribution >= 0.6 is 27.3 Å². The molecule has 3 rings (SSSR count). The first-order valence-corrected chi connectivity index (χ1v) is 8.05. The normalized spacial score (nSPS) is 11.1. The number of halogens is 1. The number of hydrogen-bond acceptors (Lipinski definition) is 4. The molecule has 110 valence electrons. The van der Waals surface area contributed by atoms with E-state index in [1.165, 1.54) is 17.6 Å². The number of aromatic hydroxyl groups is 1. The average Bonchev–Trinajstić information content (AvgIpc) is 2.84. The fourth-order valence-electron chi connectivity index (χ4n) is 1.98. The molecule has 22 heavy (non-hydrogen) atoms. The van der Waals surface area contributed by atoms with Crippen LogP contribution in [0.25, 0.3) is 10.1 Å². The van der Waals surface area contributed by atoms with Gasteiger partial charge >= 0.3 is 0 Å². The van der Waals surface area contributed by atoms with Crippen molar-refractivity contribution in [3.63, 3.8) is 0 Å². The van der Waals surface area contributed by atoms with Crippen LogP contribution in [0.4, 0.5) is 0 Å². The number of rotatable bonds is 3. The Kier molecular flexibility index (Phi) is 4.22. The quantitative estimate of drug-likeness (QED) is 0.534. The zero-order valence-corrected chi connectivity index (χ0v) is 13.7. The van der Waals surface area contributed by atoms with Gasteiger partial charge in [-0.3, -0.25) is 4.79 Å². The first-order valence-electron chi connectivity index (χ1n) is 6.44. The van der Waals surface area contributed by atoms with E-state index >= 15 is 0 Å². The molecule has 2 aromatic carbocycles. The summed E-state index contributed by atoms with van der Waals surface area (Å²) in [6.45, 7) is 0. The van der Waals surface area contributed by atoms with Gasteiger partial charge in [0.05, 0.1) is 11.1 Å². The number of carbonyl (C=O) groups excluding carboxylic acids is 1. The Bertz CT molecular complexity index is 873. The van der Waals surface area contributed by atoms with E-state index in [4.69, 9.17) is 0 Å². The smallest absolute Gasteiger partial charge is 0.271 e. The maximum atomic E-state index is 11.9. The molecule has 4 nitrogen and oxygen atoms in total. The lowest BCUT2D eigenvalue weighted by molar-refractivity contribution is 0.0955. The van der Waals surface area contributed by atoms with Gasteiger partial charge in [-0.05, 0) is 30.3 Å². The molecule has 0 radical (unpaired) electrons. The number of hydrazone groups is 1. The summed E-state index contributed by atoms with van der Waals surface area (Å²) in [6, 6.07) is 14.6. The van der Waals surface area contributed by atoms with Crippen molar-refractivity contribution >= 4 is 49.5 Å². The van der Waals surface area contributed by atoms with E-state index in [9.17, 15) is 9.90 Å². The summed E-state index contributed by atoms with van der Waals surface area (Å²) in [6.07, 6.45) is 1.45. The topological polar surface area (TPSA) is 61.7 Å². The summed E-state index contributed by atoms with van der Waals surface area (Å²) < 4.78 is 1.80. The number of nitrogens with zero attached hydrogens (tertiary/aromatic N) is 1. The van der Waals surface area contributed by atoms with Gasteiger partial charge in [-0.25, -0.2) is 5.43 Å². The first kappa shape index (κ1) is 14.7. The Balaban J connectivity index is 1.76. The van der Waals surface area contributed by atoms with E-state index in [-0.39, 0.29) is 11.7 Å². The molecule has 6 heteroatoms. The molecule has 0 fully saturated rings. The lowest BCUT2D eigenvalue weighted by atomic mass is 10.2. The van der Waals surface area contributed by atoms with Gasteiger partial charge in [0.15, 0.2) is 0 Å². The van der Waals surface area contributed by atoms with Gasteiger partial charge in [0.2, 0.25) is 0 Å². The highest BCUT2D eigenvalue weighted by atomic mass is 79.9. The monoisotopic (exact) mass is 374 g/mol. The van der Waals surface area contributed by atoms with Crippen LogP contribution in [0.15, 0.2) is 58.1 Å². The first-order chi connectivity index (χ1) is 10.6. The molecule has 1 amide bonds. The second kappa shape index (κ2) is 6.29. The van der Waals surface area contributed by atoms with Crippen molar-refractivity contribution in [1.82, 2.24) is 5.43 Å². The minimum Gasteiger partial charge on any atom is -0.506 e. The van der Waals surface area contributed by atoms with Gasteiger partial charge in [-0.2, -0.15) is 5.10 Å². The molecule has 1 aromatic heterocycles. The standard InChI is InChI=1S/C16H11BrN2O2S/c17-11-5-3-4-10(8-11)16(21)19-18-9-14-15(20)12-6-1-2-7-13(12)22-14/h1-9,20H,(H,19,21)/b18-9+. The Morgan fingerprint density at radius 1 is 1.23 bits per heavy atom. The van der Waals surface area contributed by atoms with E-state index < -0.39 is 0 Å². The SMILES string of the molecule is O=C(N/N=C/c1sc2ccccc2c1O)c1cccc(Br)c1. The zero-order chi connectivity index (χ0) is 15.5. The number of amides is 1. The van der Waals surface area contributed by atoms with Crippen LogP contribution in [0.1, 0.15) is 15.2 Å². The predicted molar refractivity (Wildman–Crippen MR) is 92.7 cm³/mol. The number of fused-ring (bicyclic) bond motifs is 1. The Morgan fingerprint density at radius 3 is 2.82 bits per heavy atom. The Hall–Kier alpha value is -2.18. The Morgan fingerprint density at radius 2 is 2.05 bits per heavy atom. The number of carbonyl (C=O) groups is 1. The summed E-state index contributed by atoms with van der Waals surface area (Å²) in [4.78, 5) is 12.5. The van der Waals surface area contributed by atoms with E-state index in [1.54, 1.807) is 18.2 Å². The van der Waals surface area contributed by atoms with Crippen molar-refractivity contribution in [2.45, 2.75) is 0 Å². The minimum absolute atomic E-state index is 0.182. The molecule has 0 aliphatic carbocycles. The molecule has 0 spiro atoms. The summed E-state index contributed by atoms with van der Waals surface area (Å²) in [5.74, 6) is -0.126. The summed E-state index contributed by atoms with van der Waals surface area (Å²) in [5, 5.41) is 14.8. The highest BCUT2D eigenvalue weighted by Crippen LogP contribution is 2.35. The van der Waals surface area contributed by atoms with Gasteiger partial charge in [0.1, 0.15) is 5.75 Å². The van der Waals surface area contributed by atoms with Crippen LogP contribution in [0.3, 0.4) is 0 Å². The van der Waals surface area contributed by atoms with Crippen molar-refractivity contribution in [2.24, 2.45) is 5.10 Å². The van der Waals surface area contributed by atoms with Gasteiger partial charge in [-0.1, -0.05) is 34.1 Å². The molecule has 0 saturated heterocycles. The van der Waals surface area contributed by atoms with Crippen LogP contribution in [0.2, 0.25) is 0 Å². The maximum absolute atomic E-state index is 11.9. The summed E-state index contributed by atoms with van der Waals surface area (Å²) >= 11 is 4.73. The number of hydrogen-bond donors (Lipinski definition) is 2. The summed E-state index contributed by atoms with van der Waals surface area (Å²) in [5.41, 5.74) is 2.96. The van der Waals surface area contributed by atoms with Gasteiger partial charge in [-0.15, -0.1) is 11.3 Å². The molecule has 2 N–H and O–H groups in total. The minimum atomic E-state index is -0.307. The molecule has 1 heterocycles. The van der Waals surface area contributed by atoms with Crippen molar-refractivity contribution in [2.75, 3.05) is 0 Å². The van der Waals surface area contributed by atoms with Crippen molar-refractivity contribution < 1.29 is 9.90 Å². The molecule has 3 aromatic rings. The highest BCUT2D eigenvalue weighted by molar-refractivity contribution is 9.10. The van der Waals surface area contributed by atoms with Crippen molar-refractivity contribution in [3.05, 3.63) is 63.4 Å². The van der Waals surface area contributed by atoms with Gasteiger partial charge < -0.3 is 5.11 Å². The van der Waals surface area contributed by atoms with Gasteiger partial charge in [0, 0.05) is 20.1 Å². The van der Waals surface area contributed by atoms with Crippen LogP contribution in [0, 0.1) is 0 Å². The molecule has 0 aliphatic rings. The largest absolute Gasteiger partial charge is 0.506 e. The highest BCUT2D eigenvalue weighted by Gasteiger charge is 2.09. The third-order valence-electron chi connectivity index (χ3n) is 3.03. The lowest BCUT2D eigenvalue weighted by Crippen LogP contribution is -2.17. The molecule has 0 aliphatic heterocycles. The molecular weight excluding hydrogens is 364 g/mol. The number of thiophene rings is 1. The molecule has 0 atom stereocenters. The van der Waals surface area contributed by atoms with E-state index in [1.807, 2.05) is 30.3 Å². The third kappa shape index (κ3) is 3.03. The lowest BCUT2D eigenvalue weighted by Gasteiger charge is -1.99. The van der Waals surface area contributed by atoms with E-state index in [0.29, 0.717) is 10.4 Å². The average molecular weight is 375 g/mol. The van der Waals surface area contributed by atoms with Crippen LogP contribution < -0.4 is 5.43 Å². The molecular formula is C16H11BrN2O2S. The van der Waals surface area contributed by atoms with Crippen molar-refractivity contribution in [1.29, 1.82) is 0 Å². The van der Waals surface area contributed by atoms with Crippen LogP contribution in [-0.2, 0) is 0 Å². The van der Waals surface area contributed by atoms with Crippen LogP contribution in [-0.4, -0.2) is 17.2 Å². The second-order valence-corrected chi connectivity index (χ2v) is 6.52. The second-order valence-electron chi connectivity index (χ2n) is 4.52. The third-order valence-corrected chi connectivity index (χ3v) is 4.62. The summed E-state index contributed by atoms with van der Waals surface area (Å²) in [7, 11) is 0. The number of nitrogens with one attached hydrogen (secondary N) is 1. The molecule has 0 saturated carbocycles. The Labute approximate surface area is 139 Å². The van der Waals surface area contributed by atoms with Crippen molar-refractivity contribution in [3.8, 4) is 5.75 Å². The zero-order valence-electron chi connectivity index (χ0n) is 11.3. The fourth-order valence-corrected chi connectivity index (χ4v) is 3.35.